The Morgan fingerprint density at radius 2 is 2.32 bits per heavy atom. The van der Waals surface area contributed by atoms with Gasteiger partial charge in [-0.05, 0) is 38.3 Å². The van der Waals surface area contributed by atoms with Crippen LogP contribution in [0.15, 0.2) is 18.2 Å². The van der Waals surface area contributed by atoms with Crippen LogP contribution in [0.4, 0.5) is 0 Å². The summed E-state index contributed by atoms with van der Waals surface area (Å²) in [6, 6.07) is 5.33. The highest BCUT2D eigenvalue weighted by Gasteiger charge is 2.50. The fourth-order valence-electron chi connectivity index (χ4n) is 3.44. The van der Waals surface area contributed by atoms with E-state index in [0.29, 0.717) is 31.6 Å². The van der Waals surface area contributed by atoms with E-state index in [-0.39, 0.29) is 18.4 Å². The fourth-order valence-corrected chi connectivity index (χ4v) is 3.44. The molecule has 0 aromatic carbocycles. The van der Waals surface area contributed by atoms with Crippen molar-refractivity contribution in [1.29, 1.82) is 0 Å². The van der Waals surface area contributed by atoms with E-state index in [9.17, 15) is 14.7 Å². The third-order valence-electron chi connectivity index (χ3n) is 4.72. The Kier molecular flexibility index (Phi) is 3.87. The highest BCUT2D eigenvalue weighted by Crippen LogP contribution is 2.37. The van der Waals surface area contributed by atoms with Gasteiger partial charge in [0.05, 0.1) is 11.5 Å². The summed E-state index contributed by atoms with van der Waals surface area (Å²) in [5, 5.41) is 13.2. The van der Waals surface area contributed by atoms with E-state index in [1.807, 2.05) is 13.0 Å². The van der Waals surface area contributed by atoms with Crippen LogP contribution in [-0.2, 0) is 4.79 Å². The largest absolute Gasteiger partial charge is 0.392 e. The second-order valence-corrected chi connectivity index (χ2v) is 6.21. The van der Waals surface area contributed by atoms with Gasteiger partial charge in [0.1, 0.15) is 5.69 Å². The molecule has 1 aromatic rings. The first kappa shape index (κ1) is 15.0. The number of carbonyl (C=O) groups is 2. The van der Waals surface area contributed by atoms with Crippen LogP contribution in [-0.4, -0.2) is 52.5 Å². The molecule has 3 rings (SSSR count). The molecule has 2 aliphatic rings. The number of aromatic nitrogens is 1. The maximum Gasteiger partial charge on any atom is 0.272 e. The maximum atomic E-state index is 12.6. The summed E-state index contributed by atoms with van der Waals surface area (Å²) in [6.07, 6.45) is 1.17. The molecule has 2 atom stereocenters. The molecule has 3 heterocycles. The van der Waals surface area contributed by atoms with E-state index in [4.69, 9.17) is 0 Å². The number of aliphatic hydroxyl groups excluding tert-OH is 1. The van der Waals surface area contributed by atoms with Crippen molar-refractivity contribution in [2.45, 2.75) is 32.3 Å². The average Bonchev–Trinajstić information content (AvgIpc) is 2.52. The van der Waals surface area contributed by atoms with Crippen molar-refractivity contribution in [3.8, 4) is 0 Å². The molecular weight excluding hydrogens is 282 g/mol. The Bertz CT molecular complexity index is 604. The van der Waals surface area contributed by atoms with Crippen LogP contribution in [0, 0.1) is 12.3 Å². The van der Waals surface area contributed by atoms with Crippen molar-refractivity contribution >= 4 is 11.8 Å². The Morgan fingerprint density at radius 1 is 1.50 bits per heavy atom. The van der Waals surface area contributed by atoms with E-state index in [2.05, 4.69) is 10.3 Å². The van der Waals surface area contributed by atoms with E-state index in [0.717, 1.165) is 12.1 Å². The van der Waals surface area contributed by atoms with E-state index >= 15 is 0 Å². The van der Waals surface area contributed by atoms with Crippen molar-refractivity contribution in [3.05, 3.63) is 29.6 Å². The zero-order chi connectivity index (χ0) is 15.7. The molecule has 0 unspecified atom stereocenters. The number of piperidine rings is 2. The molecule has 2 N–H and O–H groups in total. The topological polar surface area (TPSA) is 82.5 Å². The summed E-state index contributed by atoms with van der Waals surface area (Å²) in [6.45, 7) is 3.19. The number of nitrogens with one attached hydrogen (secondary N) is 1. The van der Waals surface area contributed by atoms with E-state index < -0.39 is 11.5 Å². The van der Waals surface area contributed by atoms with Gasteiger partial charge in [0.15, 0.2) is 0 Å². The quantitative estimate of drug-likeness (QED) is 0.791. The van der Waals surface area contributed by atoms with Gasteiger partial charge in [-0.15, -0.1) is 0 Å². The van der Waals surface area contributed by atoms with Crippen LogP contribution >= 0.6 is 0 Å². The number of amides is 2. The molecule has 118 valence electrons. The fraction of sp³-hybridized carbons (Fsp3) is 0.562. The van der Waals surface area contributed by atoms with Crippen molar-refractivity contribution in [3.63, 3.8) is 0 Å². The zero-order valence-corrected chi connectivity index (χ0v) is 12.7. The minimum atomic E-state index is -0.865. The molecule has 2 aliphatic heterocycles. The lowest BCUT2D eigenvalue weighted by atomic mass is 9.71. The zero-order valence-electron chi connectivity index (χ0n) is 12.7. The second-order valence-electron chi connectivity index (χ2n) is 6.21. The molecular formula is C16H21N3O3. The number of pyridine rings is 1. The molecule has 22 heavy (non-hydrogen) atoms. The lowest BCUT2D eigenvalue weighted by Gasteiger charge is -2.46. The lowest BCUT2D eigenvalue weighted by molar-refractivity contribution is -0.147. The summed E-state index contributed by atoms with van der Waals surface area (Å²) in [7, 11) is 0. The van der Waals surface area contributed by atoms with Gasteiger partial charge in [-0.25, -0.2) is 4.98 Å². The molecule has 6 nitrogen and oxygen atoms in total. The van der Waals surface area contributed by atoms with Gasteiger partial charge in [0.2, 0.25) is 5.91 Å². The Labute approximate surface area is 129 Å². The summed E-state index contributed by atoms with van der Waals surface area (Å²) in [5.41, 5.74) is 0.312. The number of hydrogen-bond acceptors (Lipinski definition) is 4. The minimum Gasteiger partial charge on any atom is -0.392 e. The molecule has 0 radical (unpaired) electrons. The number of aliphatic hydroxyl groups is 1. The number of rotatable bonds is 1. The monoisotopic (exact) mass is 303 g/mol. The predicted molar refractivity (Wildman–Crippen MR) is 80.2 cm³/mol. The summed E-state index contributed by atoms with van der Waals surface area (Å²) < 4.78 is 0. The van der Waals surface area contributed by atoms with Gasteiger partial charge >= 0.3 is 0 Å². The molecule has 0 bridgehead atoms. The van der Waals surface area contributed by atoms with Gasteiger partial charge in [-0.1, -0.05) is 6.07 Å². The smallest absolute Gasteiger partial charge is 0.272 e. The summed E-state index contributed by atoms with van der Waals surface area (Å²) in [4.78, 5) is 30.9. The minimum absolute atomic E-state index is 0.138. The highest BCUT2D eigenvalue weighted by atomic mass is 16.3. The van der Waals surface area contributed by atoms with Gasteiger partial charge < -0.3 is 15.3 Å². The predicted octanol–water partition coefficient (Wildman–Crippen LogP) is 0.493. The van der Waals surface area contributed by atoms with Gasteiger partial charge in [0, 0.05) is 25.3 Å². The average molecular weight is 303 g/mol. The van der Waals surface area contributed by atoms with Gasteiger partial charge in [-0.2, -0.15) is 0 Å². The van der Waals surface area contributed by atoms with E-state index in [1.165, 1.54) is 0 Å². The highest BCUT2D eigenvalue weighted by molar-refractivity contribution is 5.93. The number of aryl methyl sites for hydroxylation is 1. The maximum absolute atomic E-state index is 12.6. The van der Waals surface area contributed by atoms with Crippen molar-refractivity contribution in [1.82, 2.24) is 15.2 Å². The van der Waals surface area contributed by atoms with Crippen molar-refractivity contribution in [2.75, 3.05) is 19.6 Å². The number of nitrogens with zero attached hydrogens (tertiary/aromatic N) is 2. The van der Waals surface area contributed by atoms with Crippen LogP contribution in [0.1, 0.15) is 35.4 Å². The standard InChI is InChI=1S/C16H21N3O3/c1-11-4-2-5-12(18-11)14(21)19-9-6-13(20)16(10-19)7-3-8-17-15(16)22/h2,4-5,13,20H,3,6-10H2,1H3,(H,17,22)/t13-,16+/m0/s1. The van der Waals surface area contributed by atoms with Crippen LogP contribution in [0.2, 0.25) is 0 Å². The summed E-state index contributed by atoms with van der Waals surface area (Å²) in [5.74, 6) is -0.311. The molecule has 1 aromatic heterocycles. The van der Waals surface area contributed by atoms with Crippen molar-refractivity contribution < 1.29 is 14.7 Å². The summed E-state index contributed by atoms with van der Waals surface area (Å²) >= 11 is 0. The lowest BCUT2D eigenvalue weighted by Crippen LogP contribution is -2.62. The molecule has 2 amide bonds. The molecule has 0 saturated carbocycles. The van der Waals surface area contributed by atoms with Crippen LogP contribution in [0.5, 0.6) is 0 Å². The third-order valence-corrected chi connectivity index (χ3v) is 4.72. The van der Waals surface area contributed by atoms with Crippen LogP contribution in [0.25, 0.3) is 0 Å². The third kappa shape index (κ3) is 2.47. The Morgan fingerprint density at radius 3 is 3.05 bits per heavy atom. The van der Waals surface area contributed by atoms with Crippen molar-refractivity contribution in [2.24, 2.45) is 5.41 Å². The number of carbonyl (C=O) groups excluding carboxylic acids is 2. The van der Waals surface area contributed by atoms with Crippen LogP contribution in [0.3, 0.4) is 0 Å². The SMILES string of the molecule is Cc1cccc(C(=O)N2CC[C@H](O)[C@@]3(CCCNC3=O)C2)n1. The molecule has 1 spiro atoms. The Hall–Kier alpha value is -1.95. The molecule has 2 fully saturated rings. The van der Waals surface area contributed by atoms with Crippen LogP contribution < -0.4 is 5.32 Å². The molecule has 2 saturated heterocycles. The Balaban J connectivity index is 1.84. The first-order chi connectivity index (χ1) is 10.5. The first-order valence-electron chi connectivity index (χ1n) is 7.72. The number of likely N-dealkylation sites (tertiary alicyclic amines) is 1. The molecule has 0 aliphatic carbocycles. The van der Waals surface area contributed by atoms with Gasteiger partial charge in [-0.3, -0.25) is 9.59 Å². The molecule has 6 heteroatoms. The first-order valence-corrected chi connectivity index (χ1v) is 7.72. The van der Waals surface area contributed by atoms with E-state index in [1.54, 1.807) is 17.0 Å². The second kappa shape index (κ2) is 5.68. The van der Waals surface area contributed by atoms with Gasteiger partial charge in [0.25, 0.3) is 5.91 Å². The normalized spacial score (nSPS) is 28.5. The number of hydrogen-bond donors (Lipinski definition) is 2.